The molecule has 0 aromatic carbocycles. The number of aromatic amines is 2. The highest BCUT2D eigenvalue weighted by Crippen LogP contribution is 2.38. The van der Waals surface area contributed by atoms with Crippen molar-refractivity contribution in [2.24, 2.45) is 0 Å². The number of fused-ring (bicyclic) bond motifs is 1. The Morgan fingerprint density at radius 3 is 2.67 bits per heavy atom. The van der Waals surface area contributed by atoms with Gasteiger partial charge in [0.25, 0.3) is 5.56 Å². The van der Waals surface area contributed by atoms with Crippen molar-refractivity contribution < 1.29 is 33.8 Å². The average molecular weight is 364 g/mol. The Labute approximate surface area is 131 Å². The minimum atomic E-state index is -4.78. The van der Waals surface area contributed by atoms with E-state index in [9.17, 15) is 24.4 Å². The second-order valence-corrected chi connectivity index (χ2v) is 6.33. The largest absolute Gasteiger partial charge is 0.469 e. The number of hydrogen-bond donors (Lipinski definition) is 6. The van der Waals surface area contributed by atoms with E-state index in [0.717, 1.165) is 10.9 Å². The number of ether oxygens (including phenoxy) is 1. The Kier molecular flexibility index (Phi) is 4.17. The third kappa shape index (κ3) is 3.06. The van der Waals surface area contributed by atoms with Crippen LogP contribution in [0.2, 0.25) is 0 Å². The van der Waals surface area contributed by atoms with Crippen LogP contribution in [0, 0.1) is 0 Å². The quantitative estimate of drug-likeness (QED) is 0.307. The van der Waals surface area contributed by atoms with Crippen LogP contribution in [0.3, 0.4) is 0 Å². The van der Waals surface area contributed by atoms with Crippen LogP contribution in [-0.4, -0.2) is 64.4 Å². The summed E-state index contributed by atoms with van der Waals surface area (Å²) < 4.78 is 21.4. The molecule has 2 aromatic rings. The predicted molar refractivity (Wildman–Crippen MR) is 74.9 cm³/mol. The van der Waals surface area contributed by atoms with Gasteiger partial charge in [0.15, 0.2) is 11.7 Å². The molecule has 24 heavy (non-hydrogen) atoms. The predicted octanol–water partition coefficient (Wildman–Crippen LogP) is -2.86. The fourth-order valence-electron chi connectivity index (χ4n) is 2.41. The van der Waals surface area contributed by atoms with Crippen LogP contribution in [-0.2, 0) is 13.8 Å². The van der Waals surface area contributed by atoms with Crippen molar-refractivity contribution in [1.82, 2.24) is 19.5 Å². The maximum absolute atomic E-state index is 11.6. The van der Waals surface area contributed by atoms with Gasteiger partial charge in [-0.3, -0.25) is 23.9 Å². The van der Waals surface area contributed by atoms with Crippen molar-refractivity contribution in [2.45, 2.75) is 24.5 Å². The summed E-state index contributed by atoms with van der Waals surface area (Å²) >= 11 is 0. The maximum atomic E-state index is 11.6. The standard InChI is InChI=1S/C10H13N4O9P/c15-5-3(1-22-24(19,20)21)23-9(6(5)16)14-2-11-4-7(14)12-10(18)13-8(4)17/h2-3,5-6,9,15-16H,1H2,(H2,19,20,21)(H2,12,13,17,18)/t3-,5+,6+,9+/m0/s1. The van der Waals surface area contributed by atoms with E-state index in [1.54, 1.807) is 0 Å². The molecule has 1 aliphatic rings. The Balaban J connectivity index is 1.92. The zero-order valence-corrected chi connectivity index (χ0v) is 12.7. The van der Waals surface area contributed by atoms with Crippen LogP contribution in [0.1, 0.15) is 6.23 Å². The monoisotopic (exact) mass is 364 g/mol. The highest BCUT2D eigenvalue weighted by molar-refractivity contribution is 7.46. The second-order valence-electron chi connectivity index (χ2n) is 5.09. The molecule has 0 radical (unpaired) electrons. The minimum Gasteiger partial charge on any atom is -0.387 e. The van der Waals surface area contributed by atoms with Gasteiger partial charge in [-0.25, -0.2) is 14.3 Å². The van der Waals surface area contributed by atoms with E-state index in [-0.39, 0.29) is 11.2 Å². The van der Waals surface area contributed by atoms with Gasteiger partial charge < -0.3 is 24.7 Å². The highest BCUT2D eigenvalue weighted by atomic mass is 31.2. The molecule has 6 N–H and O–H groups in total. The summed E-state index contributed by atoms with van der Waals surface area (Å²) in [5.41, 5.74) is -1.71. The third-order valence-electron chi connectivity index (χ3n) is 3.49. The lowest BCUT2D eigenvalue weighted by atomic mass is 10.1. The number of aliphatic hydroxyl groups excluding tert-OH is 2. The average Bonchev–Trinajstić information content (AvgIpc) is 3.00. The molecular weight excluding hydrogens is 351 g/mol. The first-order valence-corrected chi connectivity index (χ1v) is 8.11. The van der Waals surface area contributed by atoms with Gasteiger partial charge in [-0.15, -0.1) is 0 Å². The van der Waals surface area contributed by atoms with E-state index in [2.05, 4.69) is 14.5 Å². The number of phosphoric acid groups is 1. The van der Waals surface area contributed by atoms with Gasteiger partial charge in [-0.1, -0.05) is 0 Å². The Morgan fingerprint density at radius 1 is 1.29 bits per heavy atom. The summed E-state index contributed by atoms with van der Waals surface area (Å²) in [6.07, 6.45) is -4.43. The second kappa shape index (κ2) is 5.89. The van der Waals surface area contributed by atoms with Crippen molar-refractivity contribution >= 4 is 19.0 Å². The molecule has 14 heteroatoms. The summed E-state index contributed by atoms with van der Waals surface area (Å²) in [6.45, 7) is -0.678. The molecule has 1 aliphatic heterocycles. The first kappa shape index (κ1) is 17.0. The number of phosphoric ester groups is 1. The van der Waals surface area contributed by atoms with Gasteiger partial charge in [-0.05, 0) is 0 Å². The van der Waals surface area contributed by atoms with Crippen LogP contribution in [0.15, 0.2) is 15.9 Å². The topological polar surface area (TPSA) is 200 Å². The van der Waals surface area contributed by atoms with Crippen molar-refractivity contribution in [2.75, 3.05) is 6.61 Å². The number of rotatable bonds is 4. The van der Waals surface area contributed by atoms with Gasteiger partial charge in [-0.2, -0.15) is 0 Å². The van der Waals surface area contributed by atoms with Gasteiger partial charge in [0, 0.05) is 0 Å². The summed E-state index contributed by atoms with van der Waals surface area (Å²) in [4.78, 5) is 48.5. The molecule has 1 fully saturated rings. The third-order valence-corrected chi connectivity index (χ3v) is 3.97. The van der Waals surface area contributed by atoms with Crippen molar-refractivity contribution in [1.29, 1.82) is 0 Å². The molecule has 13 nitrogen and oxygen atoms in total. The van der Waals surface area contributed by atoms with Gasteiger partial charge in [0.05, 0.1) is 12.9 Å². The number of aliphatic hydroxyl groups is 2. The van der Waals surface area contributed by atoms with E-state index < -0.39 is 50.2 Å². The normalized spacial score (nSPS) is 27.8. The minimum absolute atomic E-state index is 0.0449. The number of nitrogens with zero attached hydrogens (tertiary/aromatic N) is 2. The maximum Gasteiger partial charge on any atom is 0.469 e. The molecule has 0 unspecified atom stereocenters. The van der Waals surface area contributed by atoms with Gasteiger partial charge in [0.2, 0.25) is 0 Å². The number of H-pyrrole nitrogens is 2. The molecule has 132 valence electrons. The zero-order valence-electron chi connectivity index (χ0n) is 11.8. The van der Waals surface area contributed by atoms with Gasteiger partial charge in [0.1, 0.15) is 24.0 Å². The van der Waals surface area contributed by atoms with Crippen LogP contribution in [0.4, 0.5) is 0 Å². The molecule has 0 aliphatic carbocycles. The van der Waals surface area contributed by atoms with Crippen LogP contribution >= 0.6 is 7.82 Å². The van der Waals surface area contributed by atoms with Crippen LogP contribution in [0.25, 0.3) is 11.2 Å². The number of imidazole rings is 1. The summed E-state index contributed by atoms with van der Waals surface area (Å²) in [7, 11) is -4.78. The molecular formula is C10H13N4O9P. The molecule has 3 heterocycles. The molecule has 0 amide bonds. The number of hydrogen-bond acceptors (Lipinski definition) is 8. The van der Waals surface area contributed by atoms with E-state index in [0.29, 0.717) is 0 Å². The van der Waals surface area contributed by atoms with E-state index in [1.165, 1.54) is 0 Å². The van der Waals surface area contributed by atoms with Crippen LogP contribution < -0.4 is 11.2 Å². The summed E-state index contributed by atoms with van der Waals surface area (Å²) in [5.74, 6) is 0. The van der Waals surface area contributed by atoms with E-state index in [1.807, 2.05) is 4.98 Å². The van der Waals surface area contributed by atoms with Crippen LogP contribution in [0.5, 0.6) is 0 Å². The molecule has 0 bridgehead atoms. The SMILES string of the molecule is O=c1[nH]c(=O)c2ncn([C@@H]3O[C@@H](COP(=O)(O)O)[C@@H](O)[C@H]3O)c2[nH]1. The molecule has 4 atom stereocenters. The molecule has 3 rings (SSSR count). The lowest BCUT2D eigenvalue weighted by Crippen LogP contribution is -2.33. The molecule has 2 aromatic heterocycles. The fraction of sp³-hybridized carbons (Fsp3) is 0.500. The first-order chi connectivity index (χ1) is 11.2. The number of aromatic nitrogens is 4. The smallest absolute Gasteiger partial charge is 0.387 e. The van der Waals surface area contributed by atoms with Crippen molar-refractivity contribution in [3.8, 4) is 0 Å². The summed E-state index contributed by atoms with van der Waals surface area (Å²) in [5, 5.41) is 20.0. The lowest BCUT2D eigenvalue weighted by molar-refractivity contribution is -0.0504. The fourth-order valence-corrected chi connectivity index (χ4v) is 2.75. The Hall–Kier alpha value is -1.86. The Bertz CT molecular complexity index is 913. The lowest BCUT2D eigenvalue weighted by Gasteiger charge is -2.16. The Morgan fingerprint density at radius 2 is 2.00 bits per heavy atom. The molecule has 0 saturated carbocycles. The highest BCUT2D eigenvalue weighted by Gasteiger charge is 2.45. The number of nitrogens with one attached hydrogen (secondary N) is 2. The van der Waals surface area contributed by atoms with E-state index in [4.69, 9.17) is 14.5 Å². The molecule has 0 spiro atoms. The van der Waals surface area contributed by atoms with E-state index >= 15 is 0 Å². The van der Waals surface area contributed by atoms with Crippen molar-refractivity contribution in [3.63, 3.8) is 0 Å². The molecule has 1 saturated heterocycles. The van der Waals surface area contributed by atoms with Gasteiger partial charge >= 0.3 is 13.5 Å². The van der Waals surface area contributed by atoms with Crippen molar-refractivity contribution in [3.05, 3.63) is 27.2 Å². The first-order valence-electron chi connectivity index (χ1n) is 6.58. The summed E-state index contributed by atoms with van der Waals surface area (Å²) in [6, 6.07) is 0. The zero-order chi connectivity index (χ0) is 17.6.